The molecule has 0 N–H and O–H groups in total. The molecule has 0 fully saturated rings. The molecule has 1 radical (unpaired) electrons. The summed E-state index contributed by atoms with van der Waals surface area (Å²) in [5.74, 6) is 0.743. The van der Waals surface area contributed by atoms with E-state index in [-0.39, 0.29) is 90.1 Å². The molecule has 0 rings (SSSR count). The molecule has 79 valence electrons. The molecule has 0 heterocycles. The van der Waals surface area contributed by atoms with Gasteiger partial charge >= 0.3 is 32.7 Å². The normalized spacial score (nSPS) is 10.7. The summed E-state index contributed by atoms with van der Waals surface area (Å²) in [5, 5.41) is 0. The summed E-state index contributed by atoms with van der Waals surface area (Å²) in [6.07, 6.45) is 0. The minimum atomic E-state index is 0. The molecule has 0 amide bonds. The van der Waals surface area contributed by atoms with Crippen molar-refractivity contribution in [3.05, 3.63) is 35.1 Å². The molecule has 0 saturated carbocycles. The van der Waals surface area contributed by atoms with Gasteiger partial charge in [-0.1, -0.05) is 20.8 Å². The van der Waals surface area contributed by atoms with Gasteiger partial charge in [-0.15, -0.1) is 5.92 Å². The van der Waals surface area contributed by atoms with E-state index in [1.807, 2.05) is 0 Å². The molecule has 0 nitrogen and oxygen atoms in total. The second-order valence-electron chi connectivity index (χ2n) is 4.41. The molecule has 14 heavy (non-hydrogen) atoms. The molecule has 0 aromatic heterocycles. The monoisotopic (exact) mass is 345 g/mol. The van der Waals surface area contributed by atoms with Crippen molar-refractivity contribution in [2.24, 2.45) is 23.2 Å². The number of rotatable bonds is 2. The van der Waals surface area contributed by atoms with Crippen LogP contribution in [0.3, 0.4) is 0 Å². The molecule has 0 spiro atoms. The van der Waals surface area contributed by atoms with Crippen molar-refractivity contribution in [3.8, 4) is 0 Å². The first-order valence-electron chi connectivity index (χ1n) is 4.09. The van der Waals surface area contributed by atoms with E-state index in [0.717, 1.165) is 0 Å². The van der Waals surface area contributed by atoms with Crippen LogP contribution in [-0.4, -0.2) is 0 Å². The van der Waals surface area contributed by atoms with Crippen molar-refractivity contribution >= 4 is 0 Å². The van der Waals surface area contributed by atoms with Crippen molar-refractivity contribution < 1.29 is 65.4 Å². The summed E-state index contributed by atoms with van der Waals surface area (Å²) < 4.78 is 0. The maximum atomic E-state index is 3.94. The van der Waals surface area contributed by atoms with Crippen LogP contribution in [0.15, 0.2) is 0 Å². The Balaban J connectivity index is -0.000000167. The van der Waals surface area contributed by atoms with Crippen LogP contribution in [0.2, 0.25) is 0 Å². The van der Waals surface area contributed by atoms with Crippen LogP contribution in [0.5, 0.6) is 0 Å². The molecule has 0 atom stereocenters. The van der Waals surface area contributed by atoms with Gasteiger partial charge in [-0.25, -0.2) is 0 Å². The van der Waals surface area contributed by atoms with E-state index >= 15 is 0 Å². The number of hydrogen-bond donors (Lipinski definition) is 0. The van der Waals surface area contributed by atoms with Crippen molar-refractivity contribution in [3.63, 3.8) is 0 Å². The third-order valence-corrected chi connectivity index (χ3v) is 2.02. The smallest absolute Gasteiger partial charge is 0.369 e. The average Bonchev–Trinajstić information content (AvgIpc) is 1.54. The van der Waals surface area contributed by atoms with E-state index in [2.05, 4.69) is 48.5 Å². The van der Waals surface area contributed by atoms with Crippen LogP contribution in [-0.2, 0) is 65.4 Å². The molecule has 0 aliphatic heterocycles. The van der Waals surface area contributed by atoms with Crippen molar-refractivity contribution in [1.82, 2.24) is 0 Å². The molecule has 0 aromatic carbocycles. The predicted octanol–water partition coefficient (Wildman–Crippen LogP) is 3.66. The molecular formula is C12H23Y2-2. The van der Waals surface area contributed by atoms with Gasteiger partial charge in [-0.05, 0) is 5.41 Å². The number of hydrogen-bond acceptors (Lipinski definition) is 0. The quantitative estimate of drug-likeness (QED) is 0.670. The maximum Gasteiger partial charge on any atom is 3.00 e. The Bertz CT molecular complexity index is 104. The van der Waals surface area contributed by atoms with E-state index < -0.39 is 0 Å². The molecular weight excluding hydrogens is 322 g/mol. The Morgan fingerprint density at radius 3 is 1.07 bits per heavy atom. The van der Waals surface area contributed by atoms with Crippen LogP contribution in [0.4, 0.5) is 0 Å². The zero-order valence-corrected chi connectivity index (χ0v) is 15.9. The standard InChI is InChI=1S/C11H20.CH3.2Y/c1-8(2)10(9(3)4)11(5,6)7;;;/h8-10H,1-4H2,5-7H3;1H3;;/q-4;-1;;+3. The van der Waals surface area contributed by atoms with Gasteiger partial charge in [0.05, 0.1) is 0 Å². The van der Waals surface area contributed by atoms with Crippen molar-refractivity contribution in [1.29, 1.82) is 0 Å². The zero-order chi connectivity index (χ0) is 9.23. The Morgan fingerprint density at radius 1 is 0.857 bits per heavy atom. The van der Waals surface area contributed by atoms with Gasteiger partial charge in [0.2, 0.25) is 0 Å². The molecule has 0 saturated heterocycles. The van der Waals surface area contributed by atoms with Gasteiger partial charge in [0.15, 0.2) is 0 Å². The summed E-state index contributed by atoms with van der Waals surface area (Å²) in [6.45, 7) is 22.3. The fourth-order valence-electron chi connectivity index (χ4n) is 1.80. The van der Waals surface area contributed by atoms with Gasteiger partial charge < -0.3 is 47.0 Å². The van der Waals surface area contributed by atoms with Crippen LogP contribution >= 0.6 is 0 Å². The topological polar surface area (TPSA) is 0 Å². The summed E-state index contributed by atoms with van der Waals surface area (Å²) in [5.41, 5.74) is 0.211. The molecule has 0 aliphatic carbocycles. The minimum absolute atomic E-state index is 0. The first kappa shape index (κ1) is 25.2. The summed E-state index contributed by atoms with van der Waals surface area (Å²) >= 11 is 0. The van der Waals surface area contributed by atoms with Crippen LogP contribution in [0, 0.1) is 58.3 Å². The summed E-state index contributed by atoms with van der Waals surface area (Å²) in [4.78, 5) is 0. The predicted molar refractivity (Wildman–Crippen MR) is 57.8 cm³/mol. The summed E-state index contributed by atoms with van der Waals surface area (Å²) in [6, 6.07) is 0. The average molecular weight is 345 g/mol. The first-order valence-corrected chi connectivity index (χ1v) is 4.09. The van der Waals surface area contributed by atoms with Gasteiger partial charge in [0.25, 0.3) is 0 Å². The largest absolute Gasteiger partial charge is 3.00 e. The zero-order valence-electron chi connectivity index (χ0n) is 10.2. The fraction of sp³-hybridized carbons (Fsp3) is 0.583. The van der Waals surface area contributed by atoms with Crippen molar-refractivity contribution in [2.45, 2.75) is 20.8 Å². The van der Waals surface area contributed by atoms with E-state index in [4.69, 9.17) is 0 Å². The van der Waals surface area contributed by atoms with E-state index in [9.17, 15) is 0 Å². The van der Waals surface area contributed by atoms with Gasteiger partial charge in [0.1, 0.15) is 0 Å². The molecule has 2 heteroatoms. The second kappa shape index (κ2) is 10.4. The second-order valence-corrected chi connectivity index (χ2v) is 4.41. The third-order valence-electron chi connectivity index (χ3n) is 2.02. The Labute approximate surface area is 143 Å². The first-order chi connectivity index (χ1) is 4.76. The molecule has 0 unspecified atom stereocenters. The van der Waals surface area contributed by atoms with E-state index in [1.54, 1.807) is 0 Å². The van der Waals surface area contributed by atoms with E-state index in [1.165, 1.54) is 0 Å². The van der Waals surface area contributed by atoms with Gasteiger partial charge in [-0.2, -0.15) is 0 Å². The van der Waals surface area contributed by atoms with Gasteiger partial charge in [-0.3, -0.25) is 0 Å². The summed E-state index contributed by atoms with van der Waals surface area (Å²) in [7, 11) is 0. The minimum Gasteiger partial charge on any atom is -0.369 e. The Morgan fingerprint density at radius 2 is 1.07 bits per heavy atom. The van der Waals surface area contributed by atoms with Crippen molar-refractivity contribution in [2.75, 3.05) is 0 Å². The Hall–Kier alpha value is 2.21. The van der Waals surface area contributed by atoms with Gasteiger partial charge in [0, 0.05) is 32.7 Å². The third kappa shape index (κ3) is 9.43. The van der Waals surface area contributed by atoms with Crippen LogP contribution in [0.1, 0.15) is 20.8 Å². The van der Waals surface area contributed by atoms with Crippen LogP contribution in [0.25, 0.3) is 0 Å². The van der Waals surface area contributed by atoms with Crippen LogP contribution < -0.4 is 0 Å². The molecule has 0 bridgehead atoms. The van der Waals surface area contributed by atoms with E-state index in [0.29, 0.717) is 5.92 Å². The SMILES string of the molecule is [CH2-]C([CH2-])C(C([CH2-])[CH2-])C(C)(C)C.[CH3-].[Y+3].[Y]. The Kier molecular flexibility index (Phi) is 18.6. The molecule has 0 aliphatic rings. The fourth-order valence-corrected chi connectivity index (χ4v) is 1.80. The molecule has 0 aromatic rings. The maximum absolute atomic E-state index is 3.94.